The summed E-state index contributed by atoms with van der Waals surface area (Å²) in [5, 5.41) is 3.76. The number of amides is 1. The van der Waals surface area contributed by atoms with Crippen LogP contribution < -0.4 is 10.2 Å². The van der Waals surface area contributed by atoms with Gasteiger partial charge in [-0.25, -0.2) is 4.98 Å². The van der Waals surface area contributed by atoms with Crippen LogP contribution in [0.25, 0.3) is 11.0 Å². The number of anilines is 1. The fourth-order valence-corrected chi connectivity index (χ4v) is 5.18. The summed E-state index contributed by atoms with van der Waals surface area (Å²) >= 11 is 0. The fraction of sp³-hybridized carbons (Fsp3) is 0.481. The minimum atomic E-state index is 0.157. The average molecular weight is 461 g/mol. The first-order chi connectivity index (χ1) is 16.6. The summed E-state index contributed by atoms with van der Waals surface area (Å²) in [7, 11) is 0. The Labute approximate surface area is 202 Å². The van der Waals surface area contributed by atoms with Gasteiger partial charge >= 0.3 is 0 Å². The molecule has 5 rings (SSSR count). The number of piperazine rings is 1. The summed E-state index contributed by atoms with van der Waals surface area (Å²) in [6.07, 6.45) is 2.18. The lowest BCUT2D eigenvalue weighted by molar-refractivity contribution is 0.0643. The van der Waals surface area contributed by atoms with E-state index >= 15 is 0 Å². The van der Waals surface area contributed by atoms with E-state index in [-0.39, 0.29) is 11.9 Å². The molecule has 2 fully saturated rings. The fourth-order valence-electron chi connectivity index (χ4n) is 5.18. The monoisotopic (exact) mass is 460 g/mol. The minimum Gasteiger partial charge on any atom is -0.371 e. The van der Waals surface area contributed by atoms with Crippen LogP contribution in [-0.4, -0.2) is 77.5 Å². The van der Waals surface area contributed by atoms with Gasteiger partial charge in [-0.15, -0.1) is 0 Å². The van der Waals surface area contributed by atoms with Crippen molar-refractivity contribution in [1.82, 2.24) is 25.1 Å². The van der Waals surface area contributed by atoms with E-state index in [9.17, 15) is 4.79 Å². The van der Waals surface area contributed by atoms with E-state index in [1.807, 2.05) is 35.2 Å². The SMILES string of the molecule is CCN1CCN(C(=O)c2ccc(N3CCC(NC(C)c4nc5ccccc5[nH]4)CC3)cc2)CC1. The van der Waals surface area contributed by atoms with Crippen LogP contribution in [0.5, 0.6) is 0 Å². The Balaban J connectivity index is 1.12. The first kappa shape index (κ1) is 22.9. The van der Waals surface area contributed by atoms with Gasteiger partial charge in [-0.2, -0.15) is 0 Å². The van der Waals surface area contributed by atoms with Crippen LogP contribution in [0.1, 0.15) is 48.9 Å². The third-order valence-electron chi connectivity index (χ3n) is 7.38. The zero-order valence-electron chi connectivity index (χ0n) is 20.3. The van der Waals surface area contributed by atoms with E-state index in [0.29, 0.717) is 6.04 Å². The lowest BCUT2D eigenvalue weighted by Crippen LogP contribution is -2.48. The number of hydrogen-bond acceptors (Lipinski definition) is 5. The van der Waals surface area contributed by atoms with Crippen molar-refractivity contribution in [2.75, 3.05) is 50.7 Å². The average Bonchev–Trinajstić information content (AvgIpc) is 3.34. The molecule has 180 valence electrons. The van der Waals surface area contributed by atoms with Crippen LogP contribution in [0.3, 0.4) is 0 Å². The highest BCUT2D eigenvalue weighted by Gasteiger charge is 2.24. The molecule has 34 heavy (non-hydrogen) atoms. The summed E-state index contributed by atoms with van der Waals surface area (Å²) in [4.78, 5) is 27.9. The molecule has 1 amide bonds. The summed E-state index contributed by atoms with van der Waals surface area (Å²) in [5.74, 6) is 1.16. The molecule has 2 aliphatic rings. The number of rotatable bonds is 6. The Hall–Kier alpha value is -2.90. The van der Waals surface area contributed by atoms with Crippen LogP contribution in [-0.2, 0) is 0 Å². The molecular weight excluding hydrogens is 424 g/mol. The maximum absolute atomic E-state index is 12.9. The van der Waals surface area contributed by atoms with Gasteiger partial charge < -0.3 is 25.0 Å². The molecule has 3 heterocycles. The highest BCUT2D eigenvalue weighted by Crippen LogP contribution is 2.23. The number of hydrogen-bond donors (Lipinski definition) is 2. The number of nitrogens with zero attached hydrogens (tertiary/aromatic N) is 4. The van der Waals surface area contributed by atoms with Crippen LogP contribution in [0.15, 0.2) is 48.5 Å². The van der Waals surface area contributed by atoms with E-state index in [1.54, 1.807) is 0 Å². The highest BCUT2D eigenvalue weighted by atomic mass is 16.2. The predicted octanol–water partition coefficient (Wildman–Crippen LogP) is 3.66. The summed E-state index contributed by atoms with van der Waals surface area (Å²) in [6.45, 7) is 11.0. The predicted molar refractivity (Wildman–Crippen MR) is 137 cm³/mol. The number of aromatic nitrogens is 2. The third-order valence-corrected chi connectivity index (χ3v) is 7.38. The number of benzene rings is 2. The standard InChI is InChI=1S/C27H36N6O/c1-3-31-16-18-33(19-17-31)27(34)21-8-10-23(11-9-21)32-14-12-22(13-15-32)28-20(2)26-29-24-6-4-5-7-25(24)30-26/h4-11,20,22,28H,3,12-19H2,1-2H3,(H,29,30). The number of fused-ring (bicyclic) bond motifs is 1. The smallest absolute Gasteiger partial charge is 0.253 e. The zero-order chi connectivity index (χ0) is 23.5. The minimum absolute atomic E-state index is 0.157. The van der Waals surface area contributed by atoms with Crippen LogP contribution >= 0.6 is 0 Å². The van der Waals surface area contributed by atoms with E-state index in [4.69, 9.17) is 4.98 Å². The second kappa shape index (κ2) is 10.2. The topological polar surface area (TPSA) is 67.5 Å². The van der Waals surface area contributed by atoms with Gasteiger partial charge in [-0.1, -0.05) is 19.1 Å². The number of H-pyrrole nitrogens is 1. The van der Waals surface area contributed by atoms with Gasteiger partial charge in [0.15, 0.2) is 0 Å². The lowest BCUT2D eigenvalue weighted by Gasteiger charge is -2.35. The maximum atomic E-state index is 12.9. The first-order valence-corrected chi connectivity index (χ1v) is 12.7. The molecule has 1 unspecified atom stereocenters. The zero-order valence-corrected chi connectivity index (χ0v) is 20.3. The Bertz CT molecular complexity index is 1060. The molecule has 2 aliphatic heterocycles. The number of carbonyl (C=O) groups excluding carboxylic acids is 1. The highest BCUT2D eigenvalue weighted by molar-refractivity contribution is 5.94. The van der Waals surface area contributed by atoms with Crippen molar-refractivity contribution in [2.45, 2.75) is 38.8 Å². The van der Waals surface area contributed by atoms with Crippen molar-refractivity contribution in [2.24, 2.45) is 0 Å². The Kier molecular flexibility index (Phi) is 6.83. The van der Waals surface area contributed by atoms with Crippen LogP contribution in [0, 0.1) is 0 Å². The molecule has 1 aromatic heterocycles. The summed E-state index contributed by atoms with van der Waals surface area (Å²) < 4.78 is 0. The van der Waals surface area contributed by atoms with Crippen molar-refractivity contribution in [3.63, 3.8) is 0 Å². The largest absolute Gasteiger partial charge is 0.371 e. The molecule has 0 spiro atoms. The molecule has 7 heteroatoms. The van der Waals surface area contributed by atoms with Gasteiger partial charge in [0.25, 0.3) is 5.91 Å². The Morgan fingerprint density at radius 3 is 2.41 bits per heavy atom. The number of nitrogens with one attached hydrogen (secondary N) is 2. The normalized spacial score (nSPS) is 19.0. The number of para-hydroxylation sites is 2. The van der Waals surface area contributed by atoms with Gasteiger partial charge in [0.1, 0.15) is 5.82 Å². The lowest BCUT2D eigenvalue weighted by atomic mass is 10.0. The molecule has 0 radical (unpaired) electrons. The second-order valence-corrected chi connectivity index (χ2v) is 9.56. The van der Waals surface area contributed by atoms with E-state index in [0.717, 1.165) is 81.1 Å². The van der Waals surface area contributed by atoms with E-state index < -0.39 is 0 Å². The van der Waals surface area contributed by atoms with Crippen molar-refractivity contribution in [3.8, 4) is 0 Å². The quantitative estimate of drug-likeness (QED) is 0.588. The number of likely N-dealkylation sites (N-methyl/N-ethyl adjacent to an activating group) is 1. The van der Waals surface area contributed by atoms with Gasteiger partial charge in [-0.3, -0.25) is 4.79 Å². The molecule has 7 nitrogen and oxygen atoms in total. The van der Waals surface area contributed by atoms with Crippen molar-refractivity contribution in [1.29, 1.82) is 0 Å². The number of imidazole rings is 1. The maximum Gasteiger partial charge on any atom is 0.253 e. The van der Waals surface area contributed by atoms with Gasteiger partial charge in [0.05, 0.1) is 17.1 Å². The molecule has 0 saturated carbocycles. The van der Waals surface area contributed by atoms with Crippen molar-refractivity contribution in [3.05, 3.63) is 59.9 Å². The molecule has 2 aromatic carbocycles. The molecule has 3 aromatic rings. The Morgan fingerprint density at radius 2 is 1.74 bits per heavy atom. The first-order valence-electron chi connectivity index (χ1n) is 12.7. The number of piperidine rings is 1. The van der Waals surface area contributed by atoms with E-state index in [2.05, 4.69) is 52.1 Å². The number of aromatic amines is 1. The van der Waals surface area contributed by atoms with Crippen LogP contribution in [0.4, 0.5) is 5.69 Å². The van der Waals surface area contributed by atoms with Crippen molar-refractivity contribution < 1.29 is 4.79 Å². The summed E-state index contributed by atoms with van der Waals surface area (Å²) in [5.41, 5.74) is 4.11. The Morgan fingerprint density at radius 1 is 1.03 bits per heavy atom. The molecule has 0 bridgehead atoms. The molecule has 0 aliphatic carbocycles. The van der Waals surface area contributed by atoms with Gasteiger partial charge in [0.2, 0.25) is 0 Å². The summed E-state index contributed by atoms with van der Waals surface area (Å²) in [6, 6.07) is 17.1. The van der Waals surface area contributed by atoms with Crippen molar-refractivity contribution >= 4 is 22.6 Å². The van der Waals surface area contributed by atoms with Gasteiger partial charge in [0, 0.05) is 56.6 Å². The number of carbonyl (C=O) groups is 1. The third kappa shape index (κ3) is 4.95. The molecule has 2 saturated heterocycles. The second-order valence-electron chi connectivity index (χ2n) is 9.56. The molecule has 2 N–H and O–H groups in total. The molecular formula is C27H36N6O. The molecule has 1 atom stereocenters. The van der Waals surface area contributed by atoms with Crippen LogP contribution in [0.2, 0.25) is 0 Å². The van der Waals surface area contributed by atoms with E-state index in [1.165, 1.54) is 5.69 Å². The van der Waals surface area contributed by atoms with Gasteiger partial charge in [-0.05, 0) is 62.7 Å².